The molecule has 0 unspecified atom stereocenters. The first-order valence-corrected chi connectivity index (χ1v) is 32.5. The van der Waals surface area contributed by atoms with E-state index in [4.69, 9.17) is 33.2 Å². The molecule has 0 aliphatic carbocycles. The lowest BCUT2D eigenvalue weighted by Gasteiger charge is -2.28. The summed E-state index contributed by atoms with van der Waals surface area (Å²) in [6.07, 6.45) is 2.51. The van der Waals surface area contributed by atoms with E-state index >= 15 is 0 Å². The van der Waals surface area contributed by atoms with Crippen molar-refractivity contribution >= 4 is 17.9 Å². The van der Waals surface area contributed by atoms with Gasteiger partial charge in [0, 0.05) is 32.1 Å². The summed E-state index contributed by atoms with van der Waals surface area (Å²) in [6.45, 7) is 50.0. The molecule has 0 saturated heterocycles. The van der Waals surface area contributed by atoms with Gasteiger partial charge in [-0.3, -0.25) is 0 Å². The number of ether oxygens (including phenoxy) is 7. The predicted molar refractivity (Wildman–Crippen MR) is 367 cm³/mol. The molecular formula is C80H108O10. The van der Waals surface area contributed by atoms with Crippen molar-refractivity contribution < 1.29 is 47.5 Å². The van der Waals surface area contributed by atoms with Crippen molar-refractivity contribution in [3.63, 3.8) is 0 Å². The van der Waals surface area contributed by atoms with Gasteiger partial charge in [-0.25, -0.2) is 14.4 Å². The van der Waals surface area contributed by atoms with E-state index in [2.05, 4.69) is 217 Å². The smallest absolute Gasteiger partial charge is 0.344 e. The lowest BCUT2D eigenvalue weighted by molar-refractivity contribution is -0.146. The maximum absolute atomic E-state index is 13.5. The van der Waals surface area contributed by atoms with Crippen LogP contribution in [0, 0.1) is 13.8 Å². The zero-order valence-corrected chi connectivity index (χ0v) is 59.4. The molecule has 0 N–H and O–H groups in total. The molecule has 0 amide bonds. The molecule has 10 heteroatoms. The second-order valence-corrected chi connectivity index (χ2v) is 30.6. The van der Waals surface area contributed by atoms with Gasteiger partial charge in [0.05, 0.1) is 26.9 Å². The molecule has 6 aromatic carbocycles. The first-order valence-electron chi connectivity index (χ1n) is 32.5. The summed E-state index contributed by atoms with van der Waals surface area (Å²) in [4.78, 5) is 39.4. The van der Waals surface area contributed by atoms with Crippen LogP contribution >= 0.6 is 0 Å². The molecule has 90 heavy (non-hydrogen) atoms. The van der Waals surface area contributed by atoms with Gasteiger partial charge in [-0.15, -0.1) is 0 Å². The monoisotopic (exact) mass is 1230 g/mol. The summed E-state index contributed by atoms with van der Waals surface area (Å²) in [5.74, 6) is 1.36. The first-order chi connectivity index (χ1) is 41.7. The van der Waals surface area contributed by atoms with E-state index in [0.29, 0.717) is 49.4 Å². The summed E-state index contributed by atoms with van der Waals surface area (Å²) in [7, 11) is 1.73. The highest BCUT2D eigenvalue weighted by Crippen LogP contribution is 2.43. The minimum Gasteiger partial charge on any atom is -0.496 e. The molecule has 0 aromatic heterocycles. The predicted octanol–water partition coefficient (Wildman–Crippen LogP) is 17.9. The Labute approximate surface area is 541 Å². The SMILES string of the molecule is CCOC(=O)COc1ccc(C(C)(C)C)cc1Cc1cc(C(C)(C)C)cc(Cc2cc(C(C)(C)C)cc(Cc3cc(C(C)(C)C)cc(Cc4cc(C(C)(C)C)cc(Cc5cc(C(C)(C)C)ccc5C)c4OCC(=O)OCC)c3C)c2OCC(=O)OCC)c1OC. The van der Waals surface area contributed by atoms with Crippen LogP contribution < -0.4 is 18.9 Å². The van der Waals surface area contributed by atoms with E-state index in [1.165, 1.54) is 27.8 Å². The van der Waals surface area contributed by atoms with Gasteiger partial charge in [0.15, 0.2) is 19.8 Å². The summed E-state index contributed by atoms with van der Waals surface area (Å²) in [5.41, 5.74) is 18.3. The van der Waals surface area contributed by atoms with Gasteiger partial charge in [0.1, 0.15) is 23.0 Å². The maximum atomic E-state index is 13.5. The van der Waals surface area contributed by atoms with Gasteiger partial charge in [-0.05, 0) is 173 Å². The Morgan fingerprint density at radius 3 is 0.922 bits per heavy atom. The molecule has 0 heterocycles. The van der Waals surface area contributed by atoms with Crippen molar-refractivity contribution in [2.75, 3.05) is 46.8 Å². The van der Waals surface area contributed by atoms with Gasteiger partial charge >= 0.3 is 17.9 Å². The van der Waals surface area contributed by atoms with Crippen LogP contribution in [0.3, 0.4) is 0 Å². The Morgan fingerprint density at radius 1 is 0.322 bits per heavy atom. The van der Waals surface area contributed by atoms with Gasteiger partial charge in [0.2, 0.25) is 0 Å². The third kappa shape index (κ3) is 19.0. The molecule has 0 bridgehead atoms. The second kappa shape index (κ2) is 29.0. The Morgan fingerprint density at radius 2 is 0.589 bits per heavy atom. The van der Waals surface area contributed by atoms with Crippen molar-refractivity contribution in [3.8, 4) is 23.0 Å². The average Bonchev–Trinajstić information content (AvgIpc) is 0.834. The molecule has 0 radical (unpaired) electrons. The van der Waals surface area contributed by atoms with Crippen molar-refractivity contribution in [2.45, 2.75) is 224 Å². The largest absolute Gasteiger partial charge is 0.496 e. The van der Waals surface area contributed by atoms with Crippen molar-refractivity contribution in [3.05, 3.63) is 185 Å². The van der Waals surface area contributed by atoms with E-state index in [1.54, 1.807) is 21.0 Å². The fourth-order valence-corrected chi connectivity index (χ4v) is 11.3. The van der Waals surface area contributed by atoms with Crippen LogP contribution in [0.5, 0.6) is 23.0 Å². The number of aryl methyl sites for hydroxylation is 1. The number of carbonyl (C=O) groups excluding carboxylic acids is 3. The fraction of sp³-hybridized carbons (Fsp3) is 0.512. The molecule has 6 aromatic rings. The number of hydrogen-bond acceptors (Lipinski definition) is 10. The maximum Gasteiger partial charge on any atom is 0.344 e. The molecule has 0 fully saturated rings. The van der Waals surface area contributed by atoms with Gasteiger partial charge in [-0.1, -0.05) is 203 Å². The molecule has 488 valence electrons. The number of rotatable bonds is 23. The fourth-order valence-electron chi connectivity index (χ4n) is 11.3. The molecule has 0 saturated carbocycles. The Hall–Kier alpha value is -7.07. The topological polar surface area (TPSA) is 116 Å². The minimum absolute atomic E-state index is 0.0479. The lowest BCUT2D eigenvalue weighted by atomic mass is 9.79. The van der Waals surface area contributed by atoms with Crippen LogP contribution in [0.2, 0.25) is 0 Å². The standard InChI is InChI=1S/C80H108O10/c1-25-85-69(81)47-88-68-31-30-63(76(9,10)11)40-55(68)35-56-41-65(78(15,16)17)42-57(72(56)84-24)36-61-46-67(80(21,22)23)45-60(74(61)90-49-71(83)87-27-3)34-54-39-64(77(12,13)14)38-53(51(54)5)33-59-44-66(79(18,19)20)43-58(73(59)89-48-70(82)86-26-2)32-52-37-62(75(6,7)8)29-28-50(52)4/h28-31,37-46H,25-27,32-36,47-49H2,1-24H3. The molecule has 10 nitrogen and oxygen atoms in total. The molecule has 0 aliphatic heterocycles. The van der Waals surface area contributed by atoms with E-state index in [9.17, 15) is 14.4 Å². The number of methoxy groups -OCH3 is 1. The van der Waals surface area contributed by atoms with Crippen LogP contribution in [0.1, 0.15) is 246 Å². The van der Waals surface area contributed by atoms with E-state index in [-0.39, 0.29) is 72.1 Å². The highest BCUT2D eigenvalue weighted by Gasteiger charge is 2.29. The van der Waals surface area contributed by atoms with Crippen LogP contribution in [0.4, 0.5) is 0 Å². The Bertz CT molecular complexity index is 3520. The van der Waals surface area contributed by atoms with Crippen LogP contribution in [-0.2, 0) is 93.2 Å². The highest BCUT2D eigenvalue weighted by atomic mass is 16.6. The summed E-state index contributed by atoms with van der Waals surface area (Å²) in [6, 6.07) is 31.2. The summed E-state index contributed by atoms with van der Waals surface area (Å²) < 4.78 is 42.7. The number of esters is 3. The van der Waals surface area contributed by atoms with Crippen LogP contribution in [-0.4, -0.2) is 64.7 Å². The molecular weight excluding hydrogens is 1120 g/mol. The van der Waals surface area contributed by atoms with Gasteiger partial charge < -0.3 is 33.2 Å². The van der Waals surface area contributed by atoms with Crippen molar-refractivity contribution in [1.29, 1.82) is 0 Å². The molecule has 6 rings (SSSR count). The molecule has 0 atom stereocenters. The van der Waals surface area contributed by atoms with Gasteiger partial charge in [0.25, 0.3) is 0 Å². The third-order valence-electron chi connectivity index (χ3n) is 17.0. The minimum atomic E-state index is -0.453. The first kappa shape index (κ1) is 72.0. The highest BCUT2D eigenvalue weighted by molar-refractivity contribution is 5.72. The summed E-state index contributed by atoms with van der Waals surface area (Å²) >= 11 is 0. The zero-order chi connectivity index (χ0) is 67.1. The molecule has 0 aliphatic rings. The van der Waals surface area contributed by atoms with Gasteiger partial charge in [-0.2, -0.15) is 0 Å². The van der Waals surface area contributed by atoms with E-state index in [0.717, 1.165) is 78.1 Å². The molecule has 0 spiro atoms. The zero-order valence-electron chi connectivity index (χ0n) is 59.4. The number of hydrogen-bond donors (Lipinski definition) is 0. The quantitative estimate of drug-likeness (QED) is 0.0454. The Kier molecular flexibility index (Phi) is 23.2. The van der Waals surface area contributed by atoms with E-state index in [1.807, 2.05) is 13.0 Å². The summed E-state index contributed by atoms with van der Waals surface area (Å²) in [5, 5.41) is 0. The van der Waals surface area contributed by atoms with E-state index < -0.39 is 17.9 Å². The Balaban J connectivity index is 1.60. The van der Waals surface area contributed by atoms with Crippen LogP contribution in [0.25, 0.3) is 0 Å². The average molecular weight is 1230 g/mol. The lowest BCUT2D eigenvalue weighted by Crippen LogP contribution is -2.19. The second-order valence-electron chi connectivity index (χ2n) is 30.6. The van der Waals surface area contributed by atoms with Crippen molar-refractivity contribution in [2.24, 2.45) is 0 Å². The van der Waals surface area contributed by atoms with Crippen molar-refractivity contribution in [1.82, 2.24) is 0 Å². The number of carbonyl (C=O) groups is 3. The normalized spacial score (nSPS) is 12.4. The van der Waals surface area contributed by atoms with Crippen LogP contribution in [0.15, 0.2) is 84.9 Å². The number of benzene rings is 6. The third-order valence-corrected chi connectivity index (χ3v) is 17.0.